The minimum atomic E-state index is -3.71. The monoisotopic (exact) mass is 241 g/mol. The molecule has 0 aliphatic heterocycles. The molecule has 0 bridgehead atoms. The van der Waals surface area contributed by atoms with Gasteiger partial charge in [0.15, 0.2) is 0 Å². The Kier molecular flexibility index (Phi) is 4.06. The number of benzene rings is 1. The minimum Gasteiger partial charge on any atom is -0.274 e. The Morgan fingerprint density at radius 3 is 2.38 bits per heavy atom. The second-order valence-corrected chi connectivity index (χ2v) is 5.27. The van der Waals surface area contributed by atoms with Crippen LogP contribution in [0.2, 0.25) is 0 Å². The molecule has 1 amide bonds. The lowest BCUT2D eigenvalue weighted by atomic mass is 10.1. The molecule has 88 valence electrons. The zero-order valence-electron chi connectivity index (χ0n) is 9.30. The summed E-state index contributed by atoms with van der Waals surface area (Å²) in [6.45, 7) is 3.52. The molecule has 16 heavy (non-hydrogen) atoms. The van der Waals surface area contributed by atoms with Gasteiger partial charge in [0.25, 0.3) is 10.0 Å². The van der Waals surface area contributed by atoms with E-state index in [4.69, 9.17) is 0 Å². The van der Waals surface area contributed by atoms with E-state index >= 15 is 0 Å². The van der Waals surface area contributed by atoms with Crippen LogP contribution in [-0.2, 0) is 14.8 Å². The highest BCUT2D eigenvalue weighted by Gasteiger charge is 2.19. The van der Waals surface area contributed by atoms with Gasteiger partial charge in [-0.1, -0.05) is 32.0 Å². The Hall–Kier alpha value is -1.36. The molecule has 0 spiro atoms. The molecule has 1 atom stereocenters. The van der Waals surface area contributed by atoms with Crippen LogP contribution in [0.3, 0.4) is 0 Å². The Labute approximate surface area is 95.7 Å². The SMILES string of the molecule is CCC(C)C(=O)NS(=O)(=O)c1ccccc1. The Morgan fingerprint density at radius 1 is 1.31 bits per heavy atom. The van der Waals surface area contributed by atoms with E-state index < -0.39 is 15.9 Å². The smallest absolute Gasteiger partial charge is 0.264 e. The number of sulfonamides is 1. The van der Waals surface area contributed by atoms with E-state index in [0.29, 0.717) is 6.42 Å². The standard InChI is InChI=1S/C11H15NO3S/c1-3-9(2)11(13)12-16(14,15)10-7-5-4-6-8-10/h4-9H,3H2,1-2H3,(H,12,13). The third-order valence-corrected chi connectivity index (χ3v) is 3.71. The van der Waals surface area contributed by atoms with Gasteiger partial charge in [-0.2, -0.15) is 0 Å². The van der Waals surface area contributed by atoms with Gasteiger partial charge in [0, 0.05) is 5.92 Å². The van der Waals surface area contributed by atoms with E-state index in [1.165, 1.54) is 12.1 Å². The van der Waals surface area contributed by atoms with Crippen molar-refractivity contribution in [3.05, 3.63) is 30.3 Å². The number of hydrogen-bond donors (Lipinski definition) is 1. The first-order valence-corrected chi connectivity index (χ1v) is 6.57. The topological polar surface area (TPSA) is 63.2 Å². The summed E-state index contributed by atoms with van der Waals surface area (Å²) < 4.78 is 25.5. The number of hydrogen-bond acceptors (Lipinski definition) is 3. The fourth-order valence-corrected chi connectivity index (χ4v) is 2.18. The highest BCUT2D eigenvalue weighted by Crippen LogP contribution is 2.09. The van der Waals surface area contributed by atoms with E-state index in [1.807, 2.05) is 6.92 Å². The molecule has 1 rings (SSSR count). The molecule has 0 fully saturated rings. The lowest BCUT2D eigenvalue weighted by molar-refractivity contribution is -0.122. The second kappa shape index (κ2) is 5.12. The van der Waals surface area contributed by atoms with Crippen molar-refractivity contribution in [2.24, 2.45) is 5.92 Å². The molecule has 5 heteroatoms. The van der Waals surface area contributed by atoms with E-state index in [9.17, 15) is 13.2 Å². The molecule has 1 N–H and O–H groups in total. The lowest BCUT2D eigenvalue weighted by Gasteiger charge is -2.10. The van der Waals surface area contributed by atoms with Crippen molar-refractivity contribution >= 4 is 15.9 Å². The van der Waals surface area contributed by atoms with Crippen LogP contribution >= 0.6 is 0 Å². The van der Waals surface area contributed by atoms with Crippen LogP contribution in [0.1, 0.15) is 20.3 Å². The number of nitrogens with one attached hydrogen (secondary N) is 1. The predicted octanol–water partition coefficient (Wildman–Crippen LogP) is 1.54. The zero-order valence-corrected chi connectivity index (χ0v) is 10.1. The van der Waals surface area contributed by atoms with E-state index in [2.05, 4.69) is 4.72 Å². The zero-order chi connectivity index (χ0) is 12.2. The van der Waals surface area contributed by atoms with Crippen molar-refractivity contribution < 1.29 is 13.2 Å². The third kappa shape index (κ3) is 3.06. The van der Waals surface area contributed by atoms with Crippen LogP contribution in [0, 0.1) is 5.92 Å². The number of carbonyl (C=O) groups excluding carboxylic acids is 1. The molecule has 0 aliphatic rings. The largest absolute Gasteiger partial charge is 0.274 e. The second-order valence-electron chi connectivity index (χ2n) is 3.59. The van der Waals surface area contributed by atoms with Gasteiger partial charge in [-0.3, -0.25) is 4.79 Å². The van der Waals surface area contributed by atoms with Crippen LogP contribution in [-0.4, -0.2) is 14.3 Å². The summed E-state index contributed by atoms with van der Waals surface area (Å²) in [7, 11) is -3.71. The molecule has 0 radical (unpaired) electrons. The summed E-state index contributed by atoms with van der Waals surface area (Å²) >= 11 is 0. The average molecular weight is 241 g/mol. The van der Waals surface area contributed by atoms with E-state index in [-0.39, 0.29) is 10.8 Å². The van der Waals surface area contributed by atoms with Gasteiger partial charge in [0.1, 0.15) is 0 Å². The molecule has 0 heterocycles. The normalized spacial score (nSPS) is 13.1. The highest BCUT2D eigenvalue weighted by molar-refractivity contribution is 7.90. The summed E-state index contributed by atoms with van der Waals surface area (Å²) in [4.78, 5) is 11.6. The molecule has 1 unspecified atom stereocenters. The number of carbonyl (C=O) groups is 1. The fraction of sp³-hybridized carbons (Fsp3) is 0.364. The summed E-state index contributed by atoms with van der Waals surface area (Å²) in [6.07, 6.45) is 0.607. The van der Waals surface area contributed by atoms with Gasteiger partial charge >= 0.3 is 0 Å². The predicted molar refractivity (Wildman–Crippen MR) is 61.2 cm³/mol. The third-order valence-electron chi connectivity index (χ3n) is 2.35. The van der Waals surface area contributed by atoms with Crippen molar-refractivity contribution in [2.75, 3.05) is 0 Å². The van der Waals surface area contributed by atoms with E-state index in [1.54, 1.807) is 25.1 Å². The molecule has 0 saturated heterocycles. The van der Waals surface area contributed by atoms with Crippen LogP contribution in [0.5, 0.6) is 0 Å². The molecule has 0 aromatic heterocycles. The van der Waals surface area contributed by atoms with Gasteiger partial charge in [-0.25, -0.2) is 13.1 Å². The van der Waals surface area contributed by atoms with Crippen molar-refractivity contribution in [2.45, 2.75) is 25.2 Å². The van der Waals surface area contributed by atoms with Crippen LogP contribution < -0.4 is 4.72 Å². The summed E-state index contributed by atoms with van der Waals surface area (Å²) in [6, 6.07) is 7.85. The fourth-order valence-electron chi connectivity index (χ4n) is 1.08. The van der Waals surface area contributed by atoms with Crippen LogP contribution in [0.25, 0.3) is 0 Å². The van der Waals surface area contributed by atoms with Gasteiger partial charge in [0.2, 0.25) is 5.91 Å². The average Bonchev–Trinajstić information content (AvgIpc) is 2.28. The molecule has 1 aromatic carbocycles. The highest BCUT2D eigenvalue weighted by atomic mass is 32.2. The molecule has 0 saturated carbocycles. The van der Waals surface area contributed by atoms with Crippen molar-refractivity contribution in [1.29, 1.82) is 0 Å². The first-order chi connectivity index (χ1) is 7.47. The molecule has 1 aromatic rings. The number of amides is 1. The summed E-state index contributed by atoms with van der Waals surface area (Å²) in [5.74, 6) is -0.773. The minimum absolute atomic E-state index is 0.103. The van der Waals surface area contributed by atoms with E-state index in [0.717, 1.165) is 0 Å². The van der Waals surface area contributed by atoms with Crippen molar-refractivity contribution in [1.82, 2.24) is 4.72 Å². The maximum absolute atomic E-state index is 11.7. The Bertz CT molecular complexity index is 453. The first-order valence-electron chi connectivity index (χ1n) is 5.09. The molecular weight excluding hydrogens is 226 g/mol. The number of rotatable bonds is 4. The maximum Gasteiger partial charge on any atom is 0.264 e. The molecular formula is C11H15NO3S. The van der Waals surface area contributed by atoms with Gasteiger partial charge in [-0.15, -0.1) is 0 Å². The van der Waals surface area contributed by atoms with Crippen LogP contribution in [0.4, 0.5) is 0 Å². The van der Waals surface area contributed by atoms with Crippen LogP contribution in [0.15, 0.2) is 35.2 Å². The van der Waals surface area contributed by atoms with Gasteiger partial charge in [-0.05, 0) is 18.6 Å². The lowest BCUT2D eigenvalue weighted by Crippen LogP contribution is -2.34. The summed E-state index contributed by atoms with van der Waals surface area (Å²) in [5, 5.41) is 0. The quantitative estimate of drug-likeness (QED) is 0.869. The molecule has 0 aliphatic carbocycles. The van der Waals surface area contributed by atoms with Gasteiger partial charge < -0.3 is 0 Å². The molecule has 4 nitrogen and oxygen atoms in total. The van der Waals surface area contributed by atoms with Crippen molar-refractivity contribution in [3.8, 4) is 0 Å². The van der Waals surface area contributed by atoms with Gasteiger partial charge in [0.05, 0.1) is 4.90 Å². The Morgan fingerprint density at radius 2 is 1.88 bits per heavy atom. The first kappa shape index (κ1) is 12.7. The maximum atomic E-state index is 11.7. The summed E-state index contributed by atoms with van der Waals surface area (Å²) in [5.41, 5.74) is 0. The van der Waals surface area contributed by atoms with Crippen molar-refractivity contribution in [3.63, 3.8) is 0 Å². The Balaban J connectivity index is 2.86.